The standard InChI is InChI=1S/C13H14N4O2/c1-9-4-2-3-5-10(9)15-12(18)8-17-13(19)7-6-11(14)16-17/h2-7H,8H2,1H3,(H2,14,16)(H,15,18). The maximum atomic E-state index is 11.8. The van der Waals surface area contributed by atoms with E-state index in [4.69, 9.17) is 5.73 Å². The second-order valence-electron chi connectivity index (χ2n) is 4.12. The van der Waals surface area contributed by atoms with Crippen LogP contribution in [0.5, 0.6) is 0 Å². The first-order valence-electron chi connectivity index (χ1n) is 5.75. The zero-order chi connectivity index (χ0) is 13.8. The Hall–Kier alpha value is -2.63. The van der Waals surface area contributed by atoms with Crippen molar-refractivity contribution >= 4 is 17.4 Å². The van der Waals surface area contributed by atoms with Crippen molar-refractivity contribution in [1.82, 2.24) is 9.78 Å². The highest BCUT2D eigenvalue weighted by Gasteiger charge is 2.07. The molecule has 19 heavy (non-hydrogen) atoms. The molecule has 1 aromatic heterocycles. The van der Waals surface area contributed by atoms with Gasteiger partial charge in [0, 0.05) is 11.8 Å². The minimum atomic E-state index is -0.367. The van der Waals surface area contributed by atoms with Crippen LogP contribution in [0.3, 0.4) is 0 Å². The van der Waals surface area contributed by atoms with Gasteiger partial charge in [-0.25, -0.2) is 4.68 Å². The van der Waals surface area contributed by atoms with Crippen LogP contribution in [0.25, 0.3) is 0 Å². The molecule has 3 N–H and O–H groups in total. The summed E-state index contributed by atoms with van der Waals surface area (Å²) in [4.78, 5) is 23.3. The number of nitrogen functional groups attached to an aromatic ring is 1. The fourth-order valence-corrected chi connectivity index (χ4v) is 1.62. The van der Waals surface area contributed by atoms with E-state index in [9.17, 15) is 9.59 Å². The molecule has 0 aliphatic rings. The van der Waals surface area contributed by atoms with E-state index < -0.39 is 0 Å². The molecule has 2 rings (SSSR count). The largest absolute Gasteiger partial charge is 0.382 e. The van der Waals surface area contributed by atoms with Gasteiger partial charge in [-0.1, -0.05) is 18.2 Å². The minimum Gasteiger partial charge on any atom is -0.382 e. The Bertz CT molecular complexity index is 664. The lowest BCUT2D eigenvalue weighted by atomic mass is 10.2. The van der Waals surface area contributed by atoms with Gasteiger partial charge in [0.25, 0.3) is 5.56 Å². The summed E-state index contributed by atoms with van der Waals surface area (Å²) < 4.78 is 1.03. The quantitative estimate of drug-likeness (QED) is 0.851. The molecule has 1 aromatic carbocycles. The lowest BCUT2D eigenvalue weighted by Crippen LogP contribution is -2.29. The van der Waals surface area contributed by atoms with Crippen LogP contribution in [-0.2, 0) is 11.3 Å². The second-order valence-corrected chi connectivity index (χ2v) is 4.12. The van der Waals surface area contributed by atoms with Crippen LogP contribution < -0.4 is 16.6 Å². The maximum Gasteiger partial charge on any atom is 0.267 e. The number of amides is 1. The van der Waals surface area contributed by atoms with Crippen molar-refractivity contribution in [1.29, 1.82) is 0 Å². The molecule has 0 unspecified atom stereocenters. The predicted octanol–water partition coefficient (Wildman–Crippen LogP) is 0.773. The van der Waals surface area contributed by atoms with Crippen molar-refractivity contribution < 1.29 is 4.79 Å². The lowest BCUT2D eigenvalue weighted by molar-refractivity contribution is -0.117. The molecule has 0 spiro atoms. The van der Waals surface area contributed by atoms with E-state index in [0.717, 1.165) is 10.2 Å². The van der Waals surface area contributed by atoms with Gasteiger partial charge in [0.1, 0.15) is 12.4 Å². The van der Waals surface area contributed by atoms with Crippen LogP contribution >= 0.6 is 0 Å². The highest BCUT2D eigenvalue weighted by molar-refractivity contribution is 5.91. The van der Waals surface area contributed by atoms with E-state index in [1.165, 1.54) is 12.1 Å². The molecule has 0 atom stereocenters. The number of benzene rings is 1. The monoisotopic (exact) mass is 258 g/mol. The van der Waals surface area contributed by atoms with Gasteiger partial charge in [0.05, 0.1) is 0 Å². The van der Waals surface area contributed by atoms with Crippen molar-refractivity contribution in [2.24, 2.45) is 0 Å². The van der Waals surface area contributed by atoms with Crippen molar-refractivity contribution in [2.75, 3.05) is 11.1 Å². The molecule has 0 saturated heterocycles. The van der Waals surface area contributed by atoms with Gasteiger partial charge in [-0.15, -0.1) is 0 Å². The first-order chi connectivity index (χ1) is 9.06. The number of rotatable bonds is 3. The van der Waals surface area contributed by atoms with Crippen molar-refractivity contribution in [3.63, 3.8) is 0 Å². The van der Waals surface area contributed by atoms with Gasteiger partial charge in [0.15, 0.2) is 0 Å². The zero-order valence-electron chi connectivity index (χ0n) is 10.5. The summed E-state index contributed by atoms with van der Waals surface area (Å²) in [6.07, 6.45) is 0. The van der Waals surface area contributed by atoms with Gasteiger partial charge in [-0.2, -0.15) is 5.10 Å². The summed E-state index contributed by atoms with van der Waals surface area (Å²) in [6, 6.07) is 10.1. The molecule has 1 amide bonds. The van der Waals surface area contributed by atoms with Crippen LogP contribution in [0, 0.1) is 6.92 Å². The van der Waals surface area contributed by atoms with E-state index in [1.54, 1.807) is 6.07 Å². The molecule has 98 valence electrons. The molecular weight excluding hydrogens is 244 g/mol. The third-order valence-electron chi connectivity index (χ3n) is 2.60. The minimum absolute atomic E-state index is 0.168. The number of aromatic nitrogens is 2. The number of hydrogen-bond acceptors (Lipinski definition) is 4. The first-order valence-corrected chi connectivity index (χ1v) is 5.75. The van der Waals surface area contributed by atoms with E-state index in [-0.39, 0.29) is 23.8 Å². The van der Waals surface area contributed by atoms with Crippen LogP contribution in [-0.4, -0.2) is 15.7 Å². The molecule has 6 nitrogen and oxygen atoms in total. The number of carbonyl (C=O) groups is 1. The van der Waals surface area contributed by atoms with Crippen LogP contribution in [0.4, 0.5) is 11.5 Å². The fraction of sp³-hybridized carbons (Fsp3) is 0.154. The molecule has 0 aliphatic heterocycles. The summed E-state index contributed by atoms with van der Waals surface area (Å²) in [5.74, 6) is -0.127. The molecule has 0 radical (unpaired) electrons. The molecular formula is C13H14N4O2. The summed E-state index contributed by atoms with van der Waals surface area (Å²) in [7, 11) is 0. The predicted molar refractivity (Wildman–Crippen MR) is 72.7 cm³/mol. The SMILES string of the molecule is Cc1ccccc1NC(=O)Cn1nc(N)ccc1=O. The van der Waals surface area contributed by atoms with E-state index in [2.05, 4.69) is 10.4 Å². The molecule has 6 heteroatoms. The number of nitrogens with zero attached hydrogens (tertiary/aromatic N) is 2. The van der Waals surface area contributed by atoms with Crippen LogP contribution in [0.15, 0.2) is 41.2 Å². The number of nitrogens with one attached hydrogen (secondary N) is 1. The highest BCUT2D eigenvalue weighted by atomic mass is 16.2. The Morgan fingerprint density at radius 3 is 2.79 bits per heavy atom. The Labute approximate surface area is 109 Å². The van der Waals surface area contributed by atoms with Gasteiger partial charge in [-0.3, -0.25) is 9.59 Å². The second kappa shape index (κ2) is 5.34. The van der Waals surface area contributed by atoms with Crippen LogP contribution in [0.1, 0.15) is 5.56 Å². The summed E-state index contributed by atoms with van der Waals surface area (Å²) >= 11 is 0. The number of para-hydroxylation sites is 1. The maximum absolute atomic E-state index is 11.8. The molecule has 0 aliphatic carbocycles. The third-order valence-corrected chi connectivity index (χ3v) is 2.60. The van der Waals surface area contributed by atoms with E-state index in [1.807, 2.05) is 25.1 Å². The molecule has 0 fully saturated rings. The van der Waals surface area contributed by atoms with Gasteiger partial charge in [0.2, 0.25) is 5.91 Å². The molecule has 0 saturated carbocycles. The van der Waals surface area contributed by atoms with Crippen molar-refractivity contribution in [2.45, 2.75) is 13.5 Å². The Morgan fingerprint density at radius 2 is 2.05 bits per heavy atom. The van der Waals surface area contributed by atoms with Crippen molar-refractivity contribution in [3.05, 3.63) is 52.3 Å². The average molecular weight is 258 g/mol. The number of anilines is 2. The van der Waals surface area contributed by atoms with Crippen LogP contribution in [0.2, 0.25) is 0 Å². The molecule has 2 aromatic rings. The molecule has 1 heterocycles. The van der Waals surface area contributed by atoms with Gasteiger partial charge in [-0.05, 0) is 24.6 Å². The van der Waals surface area contributed by atoms with E-state index in [0.29, 0.717) is 5.69 Å². The van der Waals surface area contributed by atoms with Crippen molar-refractivity contribution in [3.8, 4) is 0 Å². The normalized spacial score (nSPS) is 10.2. The Balaban J connectivity index is 2.12. The lowest BCUT2D eigenvalue weighted by Gasteiger charge is -2.08. The molecule has 0 bridgehead atoms. The van der Waals surface area contributed by atoms with Gasteiger partial charge < -0.3 is 11.1 Å². The summed E-state index contributed by atoms with van der Waals surface area (Å²) in [6.45, 7) is 1.72. The average Bonchev–Trinajstić information content (AvgIpc) is 2.37. The van der Waals surface area contributed by atoms with Gasteiger partial charge >= 0.3 is 0 Å². The highest BCUT2D eigenvalue weighted by Crippen LogP contribution is 2.12. The topological polar surface area (TPSA) is 90.0 Å². The number of aryl methyl sites for hydroxylation is 1. The number of nitrogens with two attached hydrogens (primary N) is 1. The third kappa shape index (κ3) is 3.19. The van der Waals surface area contributed by atoms with E-state index >= 15 is 0 Å². The smallest absolute Gasteiger partial charge is 0.267 e. The Kier molecular flexibility index (Phi) is 3.61. The zero-order valence-corrected chi connectivity index (χ0v) is 10.5. The number of carbonyl (C=O) groups excluding carboxylic acids is 1. The summed E-state index contributed by atoms with van der Waals surface area (Å²) in [5.41, 5.74) is 6.77. The first kappa shape index (κ1) is 12.8. The fourth-order valence-electron chi connectivity index (χ4n) is 1.62. The Morgan fingerprint density at radius 1 is 1.32 bits per heavy atom. The summed E-state index contributed by atoms with van der Waals surface area (Å²) in [5, 5.41) is 6.52. The number of hydrogen-bond donors (Lipinski definition) is 2.